The second-order valence-corrected chi connectivity index (χ2v) is 2.12. The van der Waals surface area contributed by atoms with Crippen molar-refractivity contribution in [1.29, 1.82) is 0 Å². The van der Waals surface area contributed by atoms with Crippen molar-refractivity contribution in [3.05, 3.63) is 17.8 Å². The van der Waals surface area contributed by atoms with Crippen LogP contribution in [0, 0.1) is 0 Å². The van der Waals surface area contributed by atoms with Crippen LogP contribution in [0.3, 0.4) is 0 Å². The first kappa shape index (κ1) is 8.63. The molecule has 0 aliphatic rings. The molecule has 1 aromatic heterocycles. The molecule has 6 heteroatoms. The van der Waals surface area contributed by atoms with Gasteiger partial charge >= 0.3 is 6.18 Å². The quantitative estimate of drug-likeness (QED) is 0.631. The number of pyridine rings is 1. The van der Waals surface area contributed by atoms with Crippen molar-refractivity contribution >= 4 is 5.82 Å². The van der Waals surface area contributed by atoms with Crippen molar-refractivity contribution in [3.8, 4) is 5.75 Å². The fraction of sp³-hybridized carbons (Fsp3) is 0.167. The first-order valence-corrected chi connectivity index (χ1v) is 2.93. The van der Waals surface area contributed by atoms with E-state index >= 15 is 0 Å². The average molecular weight is 178 g/mol. The summed E-state index contributed by atoms with van der Waals surface area (Å²) in [6.45, 7) is 0. The second kappa shape index (κ2) is 2.54. The van der Waals surface area contributed by atoms with Crippen LogP contribution in [-0.2, 0) is 6.18 Å². The van der Waals surface area contributed by atoms with Gasteiger partial charge in [0.05, 0.1) is 6.20 Å². The van der Waals surface area contributed by atoms with Gasteiger partial charge in [-0.25, -0.2) is 4.98 Å². The summed E-state index contributed by atoms with van der Waals surface area (Å²) in [5, 5.41) is 8.73. The van der Waals surface area contributed by atoms with Gasteiger partial charge in [-0.2, -0.15) is 13.2 Å². The fourth-order valence-corrected chi connectivity index (χ4v) is 0.691. The number of hydrogen-bond acceptors (Lipinski definition) is 3. The fourth-order valence-electron chi connectivity index (χ4n) is 0.691. The molecule has 0 unspecified atom stereocenters. The first-order chi connectivity index (χ1) is 5.41. The minimum Gasteiger partial charge on any atom is -0.506 e. The van der Waals surface area contributed by atoms with Gasteiger partial charge < -0.3 is 10.8 Å². The minimum atomic E-state index is -4.60. The summed E-state index contributed by atoms with van der Waals surface area (Å²) in [7, 11) is 0. The molecule has 0 radical (unpaired) electrons. The van der Waals surface area contributed by atoms with Crippen molar-refractivity contribution in [2.24, 2.45) is 0 Å². The summed E-state index contributed by atoms with van der Waals surface area (Å²) >= 11 is 0. The van der Waals surface area contributed by atoms with Crippen LogP contribution in [0.1, 0.15) is 5.56 Å². The number of halogens is 3. The van der Waals surface area contributed by atoms with Crippen molar-refractivity contribution in [1.82, 2.24) is 4.98 Å². The van der Waals surface area contributed by atoms with Crippen molar-refractivity contribution < 1.29 is 18.3 Å². The van der Waals surface area contributed by atoms with Crippen LogP contribution in [0.25, 0.3) is 0 Å². The smallest absolute Gasteiger partial charge is 0.420 e. The third kappa shape index (κ3) is 1.58. The van der Waals surface area contributed by atoms with E-state index in [9.17, 15) is 13.2 Å². The van der Waals surface area contributed by atoms with E-state index in [-0.39, 0.29) is 5.82 Å². The van der Waals surface area contributed by atoms with Gasteiger partial charge in [0.2, 0.25) is 0 Å². The van der Waals surface area contributed by atoms with E-state index in [4.69, 9.17) is 10.8 Å². The van der Waals surface area contributed by atoms with Gasteiger partial charge in [-0.05, 0) is 6.07 Å². The zero-order valence-electron chi connectivity index (χ0n) is 5.76. The maximum atomic E-state index is 12.0. The van der Waals surface area contributed by atoms with E-state index in [0.717, 1.165) is 0 Å². The summed E-state index contributed by atoms with van der Waals surface area (Å²) in [5.74, 6) is -1.20. The number of rotatable bonds is 0. The maximum absolute atomic E-state index is 12.0. The number of nitrogen functional groups attached to an aromatic ring is 1. The van der Waals surface area contributed by atoms with E-state index < -0.39 is 17.5 Å². The number of alkyl halides is 3. The highest BCUT2D eigenvalue weighted by Gasteiger charge is 2.34. The number of aromatic nitrogens is 1. The summed E-state index contributed by atoms with van der Waals surface area (Å²) in [6, 6.07) is 0.579. The molecule has 0 aliphatic heterocycles. The Bertz CT molecular complexity index is 297. The SMILES string of the molecule is Nc1cc(C(F)(F)F)c(O)cn1. The Balaban J connectivity index is 3.23. The molecule has 3 nitrogen and oxygen atoms in total. The van der Waals surface area contributed by atoms with E-state index in [1.807, 2.05) is 0 Å². The molecule has 0 spiro atoms. The van der Waals surface area contributed by atoms with Crippen LogP contribution in [0.5, 0.6) is 5.75 Å². The average Bonchev–Trinajstić information content (AvgIpc) is 1.92. The molecule has 3 N–H and O–H groups in total. The number of nitrogens with zero attached hydrogens (tertiary/aromatic N) is 1. The van der Waals surface area contributed by atoms with Gasteiger partial charge in [0.25, 0.3) is 0 Å². The topological polar surface area (TPSA) is 59.1 Å². The van der Waals surface area contributed by atoms with E-state index in [1.165, 1.54) is 0 Å². The zero-order chi connectivity index (χ0) is 9.35. The van der Waals surface area contributed by atoms with E-state index in [1.54, 1.807) is 0 Å². The highest BCUT2D eigenvalue weighted by atomic mass is 19.4. The van der Waals surface area contributed by atoms with E-state index in [2.05, 4.69) is 4.98 Å². The Morgan fingerprint density at radius 1 is 1.42 bits per heavy atom. The predicted molar refractivity (Wildman–Crippen MR) is 35.3 cm³/mol. The molecule has 0 bridgehead atoms. The molecule has 0 saturated carbocycles. The minimum absolute atomic E-state index is 0.278. The third-order valence-corrected chi connectivity index (χ3v) is 1.21. The lowest BCUT2D eigenvalue weighted by atomic mass is 10.2. The first-order valence-electron chi connectivity index (χ1n) is 2.93. The standard InChI is InChI=1S/C6H5F3N2O/c7-6(8,9)3-1-5(10)11-2-4(3)12/h1-2,12H,(H2,10,11). The molecule has 12 heavy (non-hydrogen) atoms. The second-order valence-electron chi connectivity index (χ2n) is 2.12. The Kier molecular flexibility index (Phi) is 1.83. The van der Waals surface area contributed by atoms with Crippen molar-refractivity contribution in [3.63, 3.8) is 0 Å². The Labute approximate surface area is 65.6 Å². The molecule has 66 valence electrons. The highest BCUT2D eigenvalue weighted by Crippen LogP contribution is 2.35. The molecule has 0 fully saturated rings. The molecule has 0 atom stereocenters. The van der Waals surface area contributed by atoms with E-state index in [0.29, 0.717) is 12.3 Å². The normalized spacial score (nSPS) is 11.6. The molecule has 0 aromatic carbocycles. The zero-order valence-corrected chi connectivity index (χ0v) is 5.76. The predicted octanol–water partition coefficient (Wildman–Crippen LogP) is 1.39. The van der Waals surface area contributed by atoms with Gasteiger partial charge in [0.15, 0.2) is 0 Å². The number of nitrogens with two attached hydrogens (primary N) is 1. The van der Waals surface area contributed by atoms with Gasteiger partial charge in [-0.15, -0.1) is 0 Å². The Morgan fingerprint density at radius 3 is 2.42 bits per heavy atom. The summed E-state index contributed by atoms with van der Waals surface area (Å²) < 4.78 is 36.0. The monoisotopic (exact) mass is 178 g/mol. The summed E-state index contributed by atoms with van der Waals surface area (Å²) in [6.07, 6.45) is -3.93. The lowest BCUT2D eigenvalue weighted by molar-refractivity contribution is -0.138. The number of hydrogen-bond donors (Lipinski definition) is 2. The molecule has 1 aromatic rings. The highest BCUT2D eigenvalue weighted by molar-refractivity contribution is 5.41. The van der Waals surface area contributed by atoms with Crippen molar-refractivity contribution in [2.45, 2.75) is 6.18 Å². The number of anilines is 1. The van der Waals surface area contributed by atoms with Crippen LogP contribution in [0.4, 0.5) is 19.0 Å². The van der Waals surface area contributed by atoms with Gasteiger partial charge in [0, 0.05) is 0 Å². The number of aromatic hydroxyl groups is 1. The van der Waals surface area contributed by atoms with Crippen LogP contribution in [0.15, 0.2) is 12.3 Å². The maximum Gasteiger partial charge on any atom is 0.420 e. The summed E-state index contributed by atoms with van der Waals surface area (Å²) in [5.41, 5.74) is 3.83. The van der Waals surface area contributed by atoms with Crippen molar-refractivity contribution in [2.75, 3.05) is 5.73 Å². The van der Waals surface area contributed by atoms with Crippen LogP contribution in [0.2, 0.25) is 0 Å². The van der Waals surface area contributed by atoms with Gasteiger partial charge in [-0.3, -0.25) is 0 Å². The Morgan fingerprint density at radius 2 is 2.00 bits per heavy atom. The molecule has 0 amide bonds. The third-order valence-electron chi connectivity index (χ3n) is 1.21. The molecular formula is C6H5F3N2O. The van der Waals surface area contributed by atoms with Crippen LogP contribution >= 0.6 is 0 Å². The lowest BCUT2D eigenvalue weighted by Crippen LogP contribution is -2.06. The van der Waals surface area contributed by atoms with Gasteiger partial charge in [-0.1, -0.05) is 0 Å². The van der Waals surface area contributed by atoms with Crippen LogP contribution in [-0.4, -0.2) is 10.1 Å². The summed E-state index contributed by atoms with van der Waals surface area (Å²) in [4.78, 5) is 3.28. The Hall–Kier alpha value is -1.46. The molecule has 0 saturated heterocycles. The van der Waals surface area contributed by atoms with Gasteiger partial charge in [0.1, 0.15) is 17.1 Å². The van der Waals surface area contributed by atoms with Crippen LogP contribution < -0.4 is 5.73 Å². The molecule has 0 aliphatic carbocycles. The molecular weight excluding hydrogens is 173 g/mol. The molecule has 1 rings (SSSR count). The lowest BCUT2D eigenvalue weighted by Gasteiger charge is -2.07. The molecule has 1 heterocycles. The largest absolute Gasteiger partial charge is 0.506 e.